The molecule has 0 fully saturated rings. The number of hydrogen-bond acceptors (Lipinski definition) is 3. The first-order valence-electron chi connectivity index (χ1n) is 3.19. The number of hydrogen-bond donors (Lipinski definition) is 1. The van der Waals surface area contributed by atoms with Gasteiger partial charge in [0.2, 0.25) is 5.89 Å². The minimum atomic E-state index is -4.40. The molecule has 0 bridgehead atoms. The third-order valence-corrected chi connectivity index (χ3v) is 1.16. The van der Waals surface area contributed by atoms with Crippen LogP contribution >= 0.6 is 0 Å². The average molecular weight is 194 g/mol. The second-order valence-electron chi connectivity index (χ2n) is 2.28. The van der Waals surface area contributed by atoms with Gasteiger partial charge in [0.25, 0.3) is 5.91 Å². The van der Waals surface area contributed by atoms with Gasteiger partial charge in [-0.25, -0.2) is 4.98 Å². The summed E-state index contributed by atoms with van der Waals surface area (Å²) in [5, 5.41) is 0. The van der Waals surface area contributed by atoms with Gasteiger partial charge in [0.05, 0.1) is 0 Å². The lowest BCUT2D eigenvalue weighted by Crippen LogP contribution is -2.14. The molecule has 0 saturated carbocycles. The summed E-state index contributed by atoms with van der Waals surface area (Å²) in [7, 11) is 0. The van der Waals surface area contributed by atoms with Crippen LogP contribution in [-0.2, 0) is 6.42 Å². The van der Waals surface area contributed by atoms with Crippen molar-refractivity contribution in [1.29, 1.82) is 0 Å². The lowest BCUT2D eigenvalue weighted by molar-refractivity contribution is -0.130. The predicted molar refractivity (Wildman–Crippen MR) is 34.8 cm³/mol. The summed E-state index contributed by atoms with van der Waals surface area (Å²) in [6, 6.07) is 0. The number of amides is 1. The van der Waals surface area contributed by atoms with E-state index in [2.05, 4.69) is 9.40 Å². The molecule has 0 atom stereocenters. The standard InChI is InChI=1S/C6H5F3N2O2/c7-6(8,9)1-4-11-3(2-13-4)5(10)12/h2H,1H2,(H2,10,12). The molecule has 13 heavy (non-hydrogen) atoms. The van der Waals surface area contributed by atoms with E-state index >= 15 is 0 Å². The number of oxazole rings is 1. The van der Waals surface area contributed by atoms with Gasteiger partial charge < -0.3 is 10.2 Å². The van der Waals surface area contributed by atoms with E-state index < -0.39 is 24.4 Å². The molecule has 1 heterocycles. The van der Waals surface area contributed by atoms with E-state index in [1.165, 1.54) is 0 Å². The minimum absolute atomic E-state index is 0.306. The zero-order valence-electron chi connectivity index (χ0n) is 6.26. The molecule has 0 spiro atoms. The summed E-state index contributed by atoms with van der Waals surface area (Å²) in [6.07, 6.45) is -4.91. The molecule has 0 radical (unpaired) electrons. The summed E-state index contributed by atoms with van der Waals surface area (Å²) < 4.78 is 39.6. The third-order valence-electron chi connectivity index (χ3n) is 1.16. The van der Waals surface area contributed by atoms with Crippen molar-refractivity contribution in [2.75, 3.05) is 0 Å². The minimum Gasteiger partial charge on any atom is -0.448 e. The summed E-state index contributed by atoms with van der Waals surface area (Å²) in [5.41, 5.74) is 4.44. The van der Waals surface area contributed by atoms with Crippen molar-refractivity contribution in [2.24, 2.45) is 5.73 Å². The summed E-state index contributed by atoms with van der Waals surface area (Å²) >= 11 is 0. The topological polar surface area (TPSA) is 69.1 Å². The molecule has 1 rings (SSSR count). The van der Waals surface area contributed by atoms with Gasteiger partial charge in [0.15, 0.2) is 5.69 Å². The molecule has 7 heteroatoms. The first kappa shape index (κ1) is 9.56. The fourth-order valence-corrected chi connectivity index (χ4v) is 0.677. The van der Waals surface area contributed by atoms with E-state index in [0.717, 1.165) is 6.26 Å². The van der Waals surface area contributed by atoms with Crippen LogP contribution in [0.3, 0.4) is 0 Å². The lowest BCUT2D eigenvalue weighted by atomic mass is 10.4. The van der Waals surface area contributed by atoms with E-state index in [9.17, 15) is 18.0 Å². The highest BCUT2D eigenvalue weighted by Crippen LogP contribution is 2.20. The SMILES string of the molecule is NC(=O)c1coc(CC(F)(F)F)n1. The first-order chi connectivity index (χ1) is 5.88. The molecular formula is C6H5F3N2O2. The molecule has 72 valence electrons. The lowest BCUT2D eigenvalue weighted by Gasteiger charge is -2.00. The van der Waals surface area contributed by atoms with Gasteiger partial charge in [0, 0.05) is 0 Å². The molecule has 4 nitrogen and oxygen atoms in total. The molecule has 2 N–H and O–H groups in total. The molecule has 1 aromatic heterocycles. The van der Waals surface area contributed by atoms with E-state index in [1.807, 2.05) is 0 Å². The van der Waals surface area contributed by atoms with Gasteiger partial charge >= 0.3 is 6.18 Å². The summed E-state index contributed by atoms with van der Waals surface area (Å²) in [5.74, 6) is -1.49. The van der Waals surface area contributed by atoms with Crippen molar-refractivity contribution in [2.45, 2.75) is 12.6 Å². The van der Waals surface area contributed by atoms with Gasteiger partial charge in [-0.05, 0) is 0 Å². The Hall–Kier alpha value is -1.53. The normalized spacial score (nSPS) is 11.6. The van der Waals surface area contributed by atoms with Crippen LogP contribution in [0.5, 0.6) is 0 Å². The van der Waals surface area contributed by atoms with Crippen molar-refractivity contribution in [1.82, 2.24) is 4.98 Å². The first-order valence-corrected chi connectivity index (χ1v) is 3.19. The van der Waals surface area contributed by atoms with E-state index in [0.29, 0.717) is 0 Å². The van der Waals surface area contributed by atoms with Crippen molar-refractivity contribution in [3.63, 3.8) is 0 Å². The van der Waals surface area contributed by atoms with Gasteiger partial charge in [-0.15, -0.1) is 0 Å². The van der Waals surface area contributed by atoms with Gasteiger partial charge in [-0.3, -0.25) is 4.79 Å². The molecule has 0 aromatic carbocycles. The van der Waals surface area contributed by atoms with Gasteiger partial charge in [-0.1, -0.05) is 0 Å². The highest BCUT2D eigenvalue weighted by molar-refractivity contribution is 5.90. The Kier molecular flexibility index (Phi) is 2.26. The molecule has 1 aromatic rings. The fourth-order valence-electron chi connectivity index (χ4n) is 0.677. The van der Waals surface area contributed by atoms with Gasteiger partial charge in [-0.2, -0.15) is 13.2 Å². The van der Waals surface area contributed by atoms with Gasteiger partial charge in [0.1, 0.15) is 12.7 Å². The average Bonchev–Trinajstić information content (AvgIpc) is 2.31. The monoisotopic (exact) mass is 194 g/mol. The largest absolute Gasteiger partial charge is 0.448 e. The molecule has 1 amide bonds. The number of rotatable bonds is 2. The number of alkyl halides is 3. The summed E-state index contributed by atoms with van der Waals surface area (Å²) in [6.45, 7) is 0. The van der Waals surface area contributed by atoms with Crippen molar-refractivity contribution >= 4 is 5.91 Å². The highest BCUT2D eigenvalue weighted by atomic mass is 19.4. The number of carbonyl (C=O) groups excluding carboxylic acids is 1. The zero-order chi connectivity index (χ0) is 10.1. The van der Waals surface area contributed by atoms with E-state index in [4.69, 9.17) is 5.73 Å². The molecular weight excluding hydrogens is 189 g/mol. The maximum Gasteiger partial charge on any atom is 0.397 e. The third kappa shape index (κ3) is 2.77. The Morgan fingerprint density at radius 2 is 2.23 bits per heavy atom. The van der Waals surface area contributed by atoms with Crippen LogP contribution in [0.4, 0.5) is 13.2 Å². The molecule has 0 unspecified atom stereocenters. The van der Waals surface area contributed by atoms with Crippen LogP contribution < -0.4 is 5.73 Å². The van der Waals surface area contributed by atoms with E-state index in [-0.39, 0.29) is 5.69 Å². The van der Waals surface area contributed by atoms with Crippen LogP contribution in [-0.4, -0.2) is 17.1 Å². The predicted octanol–water partition coefficient (Wildman–Crippen LogP) is 0.878. The summed E-state index contributed by atoms with van der Waals surface area (Å²) in [4.78, 5) is 13.6. The fraction of sp³-hybridized carbons (Fsp3) is 0.333. The van der Waals surface area contributed by atoms with Crippen LogP contribution in [0.15, 0.2) is 10.7 Å². The molecule has 0 aliphatic carbocycles. The second-order valence-corrected chi connectivity index (χ2v) is 2.28. The second kappa shape index (κ2) is 3.08. The van der Waals surface area contributed by atoms with E-state index in [1.54, 1.807) is 0 Å². The smallest absolute Gasteiger partial charge is 0.397 e. The molecule has 0 saturated heterocycles. The Balaban J connectivity index is 2.75. The number of nitrogens with zero attached hydrogens (tertiary/aromatic N) is 1. The molecule has 0 aliphatic heterocycles. The quantitative estimate of drug-likeness (QED) is 0.759. The molecule has 0 aliphatic rings. The highest BCUT2D eigenvalue weighted by Gasteiger charge is 2.30. The van der Waals surface area contributed by atoms with Crippen molar-refractivity contribution in [3.05, 3.63) is 17.8 Å². The Labute approximate surface area is 70.5 Å². The van der Waals surface area contributed by atoms with Crippen LogP contribution in [0.1, 0.15) is 16.4 Å². The Morgan fingerprint density at radius 1 is 1.62 bits per heavy atom. The Bertz CT molecular complexity index is 318. The number of carbonyl (C=O) groups is 1. The van der Waals surface area contributed by atoms with Crippen LogP contribution in [0.2, 0.25) is 0 Å². The van der Waals surface area contributed by atoms with Crippen molar-refractivity contribution in [3.8, 4) is 0 Å². The number of primary amides is 1. The number of aromatic nitrogens is 1. The maximum atomic E-state index is 11.7. The number of nitrogens with two attached hydrogens (primary N) is 1. The Morgan fingerprint density at radius 3 is 2.62 bits per heavy atom. The van der Waals surface area contributed by atoms with Crippen LogP contribution in [0.25, 0.3) is 0 Å². The van der Waals surface area contributed by atoms with Crippen LogP contribution in [0, 0.1) is 0 Å². The van der Waals surface area contributed by atoms with Crippen molar-refractivity contribution < 1.29 is 22.4 Å². The zero-order valence-corrected chi connectivity index (χ0v) is 6.26. The number of halogens is 3. The maximum absolute atomic E-state index is 11.7.